The number of alkyl halides is 2. The van der Waals surface area contributed by atoms with Gasteiger partial charge in [0.2, 0.25) is 0 Å². The van der Waals surface area contributed by atoms with E-state index in [1.807, 2.05) is 73.6 Å². The molecule has 5 saturated heterocycles. The Labute approximate surface area is 832 Å². The average Bonchev–Trinajstić information content (AvgIpc) is 1.32. The van der Waals surface area contributed by atoms with Gasteiger partial charge in [-0.25, -0.2) is 48.7 Å². The number of amides is 8. The van der Waals surface area contributed by atoms with E-state index in [1.54, 1.807) is 87.1 Å². The molecule has 38 heteroatoms. The van der Waals surface area contributed by atoms with Crippen LogP contribution < -0.4 is 42.5 Å². The number of carbonyl (C=O) groups excluding carboxylic acids is 8. The number of hydrogen-bond donors (Lipinski definition) is 12. The fourth-order valence-electron chi connectivity index (χ4n) is 17.0. The number of carbonyl (C=O) groups is 8. The monoisotopic (exact) mass is 2000 g/mol. The Morgan fingerprint density at radius 1 is 0.439 bits per heavy atom. The number of fused-ring (bicyclic) bond motifs is 2. The molecule has 8 aromatic heterocycles. The molecule has 0 aromatic carbocycles. The van der Waals surface area contributed by atoms with Crippen molar-refractivity contribution in [3.8, 4) is 41.8 Å². The number of halogens is 2. The summed E-state index contributed by atoms with van der Waals surface area (Å²) in [5.74, 6) is -2.75. The Kier molecular flexibility index (Phi) is 35.0. The van der Waals surface area contributed by atoms with Gasteiger partial charge in [0.25, 0.3) is 53.2 Å². The quantitative estimate of drug-likeness (QED) is 0.0192. The Morgan fingerprint density at radius 3 is 1.05 bits per heavy atom. The highest BCUT2D eigenvalue weighted by Gasteiger charge is 2.48. The van der Waals surface area contributed by atoms with Crippen LogP contribution in [0.5, 0.6) is 0 Å². The number of rotatable bonds is 31. The molecule has 32 nitrogen and oxygen atoms in total. The maximum Gasteiger partial charge on any atom is 0.280 e. The Hall–Kier alpha value is -10.2. The minimum absolute atomic E-state index is 0.00936. The normalized spacial score (nSPS) is 18.6. The van der Waals surface area contributed by atoms with Gasteiger partial charge in [-0.05, 0) is 288 Å². The van der Waals surface area contributed by atoms with Gasteiger partial charge in [0.15, 0.2) is 20.0 Å². The van der Waals surface area contributed by atoms with Gasteiger partial charge in [0.05, 0.1) is 48.5 Å². The number of pyridine rings is 4. The summed E-state index contributed by atoms with van der Waals surface area (Å²) < 4.78 is 28.1. The third-order valence-corrected chi connectivity index (χ3v) is 30.5. The predicted octanol–water partition coefficient (Wildman–Crippen LogP) is 17.1. The van der Waals surface area contributed by atoms with E-state index in [4.69, 9.17) is 0 Å². The van der Waals surface area contributed by atoms with Crippen molar-refractivity contribution in [2.75, 3.05) is 67.1 Å². The SMILES string of the molecule is CCC(C)(C)Nc1cc(C)c(-c2sc(C(=O)NCC(C)(C)O)nc2C(=O)N2CCCC[C@@H]2C)cn1.CCC(C)(C)Nc1cc(C)c(-c2sc(C(=O)NCC(C)(C)O)nc2C(=O)N2CCC[C@@H]2C)cn1.CC[C@@H](C)Nc1cc(C)c(-c2sc(C(=O)NCC(C)(C)O)nc2C(=O)N2C3CCC2CC3)cn1.Cc1cc(NC2(C)CCC2)ncc1-c1sc(C(=O)NCC(C)(C)O)nc1C(=O)N1CC(F)(F)C[C@@H]1C. The van der Waals surface area contributed by atoms with Crippen LogP contribution in [0.15, 0.2) is 49.1 Å². The highest BCUT2D eigenvalue weighted by Crippen LogP contribution is 2.45. The zero-order valence-electron chi connectivity index (χ0n) is 85.2. The van der Waals surface area contributed by atoms with Crippen LogP contribution in [-0.4, -0.2) is 254 Å². The van der Waals surface area contributed by atoms with Crippen molar-refractivity contribution in [2.45, 2.75) is 350 Å². The topological polar surface area (TPSA) is 430 Å². The smallest absolute Gasteiger partial charge is 0.280 e. The Morgan fingerprint density at radius 2 is 0.755 bits per heavy atom. The van der Waals surface area contributed by atoms with Crippen molar-refractivity contribution in [3.05, 3.63) is 114 Å². The molecule has 6 fully saturated rings. The van der Waals surface area contributed by atoms with Crippen LogP contribution in [0.4, 0.5) is 32.1 Å². The molecule has 8 aromatic rings. The molecule has 5 aliphatic heterocycles. The van der Waals surface area contributed by atoms with E-state index in [9.17, 15) is 67.6 Å². The van der Waals surface area contributed by atoms with Gasteiger partial charge in [0, 0.05) is 146 Å². The molecule has 8 amide bonds. The molecule has 2 bridgehead atoms. The summed E-state index contributed by atoms with van der Waals surface area (Å²) in [5.41, 5.74) is 3.07. The van der Waals surface area contributed by atoms with E-state index < -0.39 is 76.9 Å². The molecule has 14 rings (SSSR count). The molecule has 758 valence electrons. The summed E-state index contributed by atoms with van der Waals surface area (Å²) in [7, 11) is 0. The van der Waals surface area contributed by atoms with Gasteiger partial charge in [-0.2, -0.15) is 0 Å². The molecule has 4 atom stereocenters. The maximum absolute atomic E-state index is 14.1. The number of piperidine rings is 1. The zero-order valence-corrected chi connectivity index (χ0v) is 88.4. The van der Waals surface area contributed by atoms with Gasteiger partial charge in [-0.15, -0.1) is 45.3 Å². The van der Waals surface area contributed by atoms with Crippen LogP contribution >= 0.6 is 45.3 Å². The van der Waals surface area contributed by atoms with Gasteiger partial charge >= 0.3 is 0 Å². The lowest BCUT2D eigenvalue weighted by molar-refractivity contribution is 0.0117. The van der Waals surface area contributed by atoms with E-state index >= 15 is 0 Å². The molecule has 6 aliphatic rings. The first-order valence-corrected chi connectivity index (χ1v) is 51.8. The molecule has 0 unspecified atom stereocenters. The van der Waals surface area contributed by atoms with Crippen LogP contribution in [0.3, 0.4) is 0 Å². The van der Waals surface area contributed by atoms with E-state index in [0.717, 1.165) is 163 Å². The second-order valence-electron chi connectivity index (χ2n) is 42.4. The lowest BCUT2D eigenvalue weighted by Crippen LogP contribution is -2.42. The summed E-state index contributed by atoms with van der Waals surface area (Å²) in [5, 5.41) is 65.0. The van der Waals surface area contributed by atoms with Crippen molar-refractivity contribution in [1.29, 1.82) is 0 Å². The lowest BCUT2D eigenvalue weighted by Gasteiger charge is -2.39. The van der Waals surface area contributed by atoms with E-state index in [-0.39, 0.29) is 122 Å². The molecule has 1 saturated carbocycles. The van der Waals surface area contributed by atoms with Crippen molar-refractivity contribution >= 4 is 116 Å². The number of anilines is 4. The van der Waals surface area contributed by atoms with Crippen LogP contribution in [0.2, 0.25) is 0 Å². The van der Waals surface area contributed by atoms with E-state index in [1.165, 1.54) is 40.4 Å². The van der Waals surface area contributed by atoms with Crippen molar-refractivity contribution in [2.24, 2.45) is 0 Å². The van der Waals surface area contributed by atoms with E-state index in [2.05, 4.69) is 152 Å². The molecule has 12 N–H and O–H groups in total. The first kappa shape index (κ1) is 109. The summed E-state index contributed by atoms with van der Waals surface area (Å²) in [6.45, 7) is 46.3. The predicted molar refractivity (Wildman–Crippen MR) is 546 cm³/mol. The summed E-state index contributed by atoms with van der Waals surface area (Å²) >= 11 is 4.59. The zero-order chi connectivity index (χ0) is 102. The largest absolute Gasteiger partial charge is 0.389 e. The molecule has 0 radical (unpaired) electrons. The van der Waals surface area contributed by atoms with Crippen LogP contribution in [0.25, 0.3) is 41.8 Å². The van der Waals surface area contributed by atoms with Gasteiger partial charge < -0.3 is 82.6 Å². The standard InChI is InChI=1S/C26H39N5O3S.C25H33F2N5O3S.C25H35N5O3S.C25H37N5O3S/c1-8-25(4,5)30-19-13-16(2)18(14-27-19)21-20(24(33)31-12-10-9-11-17(31)3)29-23(35-21)22(32)28-15-26(6,7)34;1-14-9-17(31-24(5)7-6-8-24)28-11-16(14)19-18(22(34)32-13-25(26,27)10-15(32)2)30-21(36-19)20(33)29-12-23(3,4)35;1-6-15(3)28-19-11-14(2)18(12-26-19)21-20(24(32)30-16-7-8-17(30)10-9-16)29-23(34-21)22(31)27-13-25(4,5)33;1-8-24(4,5)29-18-12-15(2)17(13-26-18)20-19(23(32)30-11-9-10-16(30)3)28-22(34-20)21(31)27-14-25(6,7)33/h13-14,17,34H,8-12,15H2,1-7H3,(H,27,30)(H,28,32);9,11,15,35H,6-8,10,12-13H2,1-5H3,(H,28,31)(H,29,33);11-12,15-17,33H,6-10,13H2,1-5H3,(H,26,28)(H,27,31);12-13,16,33H,8-11,14H2,1-7H3,(H,26,29)(H,27,31)/t17-;15-;15-,16?,17?;16-/m0010/s1. The Bertz CT molecular complexity index is 5740. The van der Waals surface area contributed by atoms with Crippen LogP contribution in [0.1, 0.15) is 345 Å². The van der Waals surface area contributed by atoms with Gasteiger partial charge in [-0.3, -0.25) is 38.4 Å². The first-order valence-electron chi connectivity index (χ1n) is 48.5. The number of aliphatic hydroxyl groups is 4. The summed E-state index contributed by atoms with van der Waals surface area (Å²) in [6, 6.07) is 8.22. The van der Waals surface area contributed by atoms with Crippen LogP contribution in [0, 0.1) is 27.7 Å². The van der Waals surface area contributed by atoms with Gasteiger partial charge in [0.1, 0.15) is 46.0 Å². The maximum atomic E-state index is 14.1. The molecule has 139 heavy (non-hydrogen) atoms. The number of nitrogens with one attached hydrogen (secondary N) is 8. The number of likely N-dealkylation sites (tertiary alicyclic amines) is 3. The van der Waals surface area contributed by atoms with Crippen LogP contribution in [-0.2, 0) is 0 Å². The molecule has 1 aliphatic carbocycles. The molecule has 0 spiro atoms. The fraction of sp³-hybridized carbons (Fsp3) is 0.604. The lowest BCUT2D eigenvalue weighted by atomic mass is 9.78. The minimum atomic E-state index is -2.97. The second-order valence-corrected chi connectivity index (χ2v) is 46.4. The second kappa shape index (κ2) is 44.5. The molecular weight excluding hydrogens is 1850 g/mol. The van der Waals surface area contributed by atoms with Crippen molar-refractivity contribution in [1.82, 2.24) is 80.7 Å². The van der Waals surface area contributed by atoms with E-state index in [0.29, 0.717) is 55.7 Å². The highest BCUT2D eigenvalue weighted by molar-refractivity contribution is 7.18. The number of nitrogens with zero attached hydrogens (tertiary/aromatic N) is 12. The number of aromatic nitrogens is 8. The number of hydrogen-bond acceptors (Lipinski definition) is 28. The summed E-state index contributed by atoms with van der Waals surface area (Å²) in [4.78, 5) is 151. The fourth-order valence-corrected chi connectivity index (χ4v) is 21.2. The third-order valence-electron chi connectivity index (χ3n) is 26.2. The number of thiazole rings is 4. The summed E-state index contributed by atoms with van der Waals surface area (Å²) in [6.07, 6.45) is 21.7. The average molecular weight is 2000 g/mol. The number of aryl methyl sites for hydroxylation is 4. The highest BCUT2D eigenvalue weighted by atomic mass is 32.1. The minimum Gasteiger partial charge on any atom is -0.389 e. The first-order chi connectivity index (χ1) is 64.9. The van der Waals surface area contributed by atoms with Crippen molar-refractivity contribution < 1.29 is 67.6 Å². The molecule has 13 heterocycles. The third kappa shape index (κ3) is 28.6. The molecular formula is C101H144F2N20O12S4. The van der Waals surface area contributed by atoms with Gasteiger partial charge in [-0.1, -0.05) is 20.8 Å². The van der Waals surface area contributed by atoms with Crippen molar-refractivity contribution in [3.63, 3.8) is 0 Å². The Balaban J connectivity index is 0.000000178.